The third kappa shape index (κ3) is 1.91. The summed E-state index contributed by atoms with van der Waals surface area (Å²) in [6.45, 7) is 0.267. The molecule has 0 radical (unpaired) electrons. The molecule has 1 aromatic rings. The van der Waals surface area contributed by atoms with Crippen LogP contribution in [0.1, 0.15) is 5.56 Å². The van der Waals surface area contributed by atoms with Crippen molar-refractivity contribution >= 4 is 11.8 Å². The Hall–Kier alpha value is -0.710. The molecule has 0 saturated carbocycles. The van der Waals surface area contributed by atoms with E-state index in [4.69, 9.17) is 5.21 Å². The summed E-state index contributed by atoms with van der Waals surface area (Å²) >= 11 is 1.54. The average molecular weight is 185 g/mol. The van der Waals surface area contributed by atoms with Gasteiger partial charge in [0.1, 0.15) is 5.75 Å². The maximum Gasteiger partial charge on any atom is 0.121 e. The lowest BCUT2D eigenvalue weighted by atomic mass is 10.2. The first-order valence-corrected chi connectivity index (χ1v) is 4.74. The van der Waals surface area contributed by atoms with Crippen LogP contribution in [0.15, 0.2) is 23.1 Å². The highest BCUT2D eigenvalue weighted by atomic mass is 32.2. The molecule has 0 amide bonds. The lowest BCUT2D eigenvalue weighted by molar-refractivity contribution is 0.159. The number of rotatable bonds is 3. The number of phenolic OH excluding ortho intramolecular Hbond substituents is 1. The molecule has 0 saturated heterocycles. The first-order chi connectivity index (χ1) is 5.79. The Morgan fingerprint density at radius 2 is 2.25 bits per heavy atom. The minimum atomic E-state index is 0.211. The van der Waals surface area contributed by atoms with Crippen LogP contribution in [0.25, 0.3) is 0 Å². The molecule has 0 spiro atoms. The molecular formula is C8H11NO2S. The molecule has 0 heterocycles. The number of phenols is 1. The zero-order valence-corrected chi connectivity index (χ0v) is 7.56. The molecule has 12 heavy (non-hydrogen) atoms. The van der Waals surface area contributed by atoms with Crippen molar-refractivity contribution in [2.24, 2.45) is 0 Å². The lowest BCUT2D eigenvalue weighted by Gasteiger charge is -2.07. The quantitative estimate of drug-likeness (QED) is 0.494. The van der Waals surface area contributed by atoms with Gasteiger partial charge in [0.25, 0.3) is 0 Å². The first-order valence-electron chi connectivity index (χ1n) is 3.51. The van der Waals surface area contributed by atoms with Crippen molar-refractivity contribution in [3.05, 3.63) is 23.8 Å². The maximum absolute atomic E-state index is 9.39. The normalized spacial score (nSPS) is 10.2. The van der Waals surface area contributed by atoms with Crippen molar-refractivity contribution in [1.29, 1.82) is 0 Å². The molecule has 0 aromatic heterocycles. The Bertz CT molecular complexity index is 265. The van der Waals surface area contributed by atoms with Gasteiger partial charge >= 0.3 is 0 Å². The number of nitrogens with one attached hydrogen (secondary N) is 1. The molecule has 0 atom stereocenters. The second-order valence-corrected chi connectivity index (χ2v) is 3.14. The second kappa shape index (κ2) is 4.35. The van der Waals surface area contributed by atoms with Crippen molar-refractivity contribution in [3.63, 3.8) is 0 Å². The van der Waals surface area contributed by atoms with Crippen LogP contribution >= 0.6 is 11.8 Å². The summed E-state index contributed by atoms with van der Waals surface area (Å²) in [4.78, 5) is 0.969. The summed E-state index contributed by atoms with van der Waals surface area (Å²) in [5.41, 5.74) is 2.76. The Kier molecular flexibility index (Phi) is 3.40. The standard InChI is InChI=1S/C8H11NO2S/c1-12-8-4-2-3-7(10)6(8)5-9-11/h2-4,9-11H,5H2,1H3. The summed E-state index contributed by atoms with van der Waals surface area (Å²) in [7, 11) is 0. The molecule has 0 bridgehead atoms. The van der Waals surface area contributed by atoms with Gasteiger partial charge < -0.3 is 10.3 Å². The van der Waals surface area contributed by atoms with Crippen LogP contribution in [0.2, 0.25) is 0 Å². The Labute approximate surface area is 75.4 Å². The topological polar surface area (TPSA) is 52.5 Å². The van der Waals surface area contributed by atoms with Gasteiger partial charge in [-0.2, -0.15) is 0 Å². The highest BCUT2D eigenvalue weighted by molar-refractivity contribution is 7.98. The van der Waals surface area contributed by atoms with Gasteiger partial charge in [0.05, 0.1) is 6.54 Å². The smallest absolute Gasteiger partial charge is 0.121 e. The molecule has 0 aliphatic rings. The number of hydrogen-bond acceptors (Lipinski definition) is 4. The van der Waals surface area contributed by atoms with Crippen molar-refractivity contribution in [2.75, 3.05) is 6.26 Å². The predicted octanol–water partition coefficient (Wildman–Crippen LogP) is 1.59. The van der Waals surface area contributed by atoms with Gasteiger partial charge in [-0.1, -0.05) is 6.07 Å². The summed E-state index contributed by atoms with van der Waals surface area (Å²) in [6.07, 6.45) is 1.93. The third-order valence-electron chi connectivity index (χ3n) is 1.58. The van der Waals surface area contributed by atoms with Gasteiger partial charge in [0, 0.05) is 10.5 Å². The Morgan fingerprint density at radius 3 is 2.83 bits per heavy atom. The van der Waals surface area contributed by atoms with Crippen LogP contribution in [0, 0.1) is 0 Å². The van der Waals surface area contributed by atoms with E-state index in [1.807, 2.05) is 17.8 Å². The molecule has 1 aromatic carbocycles. The van der Waals surface area contributed by atoms with Crippen LogP contribution in [0.4, 0.5) is 0 Å². The molecule has 0 unspecified atom stereocenters. The van der Waals surface area contributed by atoms with E-state index in [9.17, 15) is 5.11 Å². The van der Waals surface area contributed by atoms with E-state index in [2.05, 4.69) is 0 Å². The third-order valence-corrected chi connectivity index (χ3v) is 2.41. The van der Waals surface area contributed by atoms with Gasteiger partial charge in [-0.05, 0) is 18.4 Å². The highest BCUT2D eigenvalue weighted by Gasteiger charge is 2.05. The van der Waals surface area contributed by atoms with Crippen LogP contribution in [-0.4, -0.2) is 16.6 Å². The van der Waals surface area contributed by atoms with Crippen LogP contribution < -0.4 is 5.48 Å². The molecule has 0 aliphatic carbocycles. The molecule has 1 rings (SSSR count). The zero-order valence-electron chi connectivity index (χ0n) is 6.74. The lowest BCUT2D eigenvalue weighted by Crippen LogP contribution is -2.07. The number of hydroxylamine groups is 1. The molecule has 3 N–H and O–H groups in total. The molecule has 4 heteroatoms. The molecule has 66 valence electrons. The first kappa shape index (κ1) is 9.38. The largest absolute Gasteiger partial charge is 0.508 e. The Balaban J connectivity index is 3.02. The minimum Gasteiger partial charge on any atom is -0.508 e. The molecule has 0 aliphatic heterocycles. The minimum absolute atomic E-state index is 0.211. The molecular weight excluding hydrogens is 174 g/mol. The van der Waals surface area contributed by atoms with E-state index < -0.39 is 0 Å². The second-order valence-electron chi connectivity index (χ2n) is 2.29. The van der Waals surface area contributed by atoms with E-state index >= 15 is 0 Å². The molecule has 3 nitrogen and oxygen atoms in total. The number of benzene rings is 1. The van der Waals surface area contributed by atoms with Crippen LogP contribution in [0.3, 0.4) is 0 Å². The summed E-state index contributed by atoms with van der Waals surface area (Å²) in [6, 6.07) is 5.28. The summed E-state index contributed by atoms with van der Waals surface area (Å²) in [5, 5.41) is 17.9. The van der Waals surface area contributed by atoms with Gasteiger partial charge in [0.2, 0.25) is 0 Å². The number of thioether (sulfide) groups is 1. The van der Waals surface area contributed by atoms with E-state index in [1.54, 1.807) is 12.1 Å². The fraction of sp³-hybridized carbons (Fsp3) is 0.250. The fourth-order valence-corrected chi connectivity index (χ4v) is 1.64. The SMILES string of the molecule is CSc1cccc(O)c1CNO. The fourth-order valence-electron chi connectivity index (χ4n) is 1.00. The predicted molar refractivity (Wildman–Crippen MR) is 48.5 cm³/mol. The van der Waals surface area contributed by atoms with Gasteiger partial charge in [-0.3, -0.25) is 0 Å². The van der Waals surface area contributed by atoms with Crippen molar-refractivity contribution in [3.8, 4) is 5.75 Å². The van der Waals surface area contributed by atoms with Crippen molar-refractivity contribution in [2.45, 2.75) is 11.4 Å². The monoisotopic (exact) mass is 185 g/mol. The van der Waals surface area contributed by atoms with E-state index in [-0.39, 0.29) is 12.3 Å². The highest BCUT2D eigenvalue weighted by Crippen LogP contribution is 2.27. The van der Waals surface area contributed by atoms with Gasteiger partial charge in [0.15, 0.2) is 0 Å². The summed E-state index contributed by atoms with van der Waals surface area (Å²) in [5.74, 6) is 0.211. The maximum atomic E-state index is 9.39. The van der Waals surface area contributed by atoms with E-state index in [0.717, 1.165) is 10.5 Å². The van der Waals surface area contributed by atoms with Gasteiger partial charge in [-0.25, -0.2) is 5.48 Å². The Morgan fingerprint density at radius 1 is 1.50 bits per heavy atom. The van der Waals surface area contributed by atoms with Crippen LogP contribution in [-0.2, 0) is 6.54 Å². The van der Waals surface area contributed by atoms with E-state index in [0.29, 0.717) is 0 Å². The number of hydrogen-bond donors (Lipinski definition) is 3. The van der Waals surface area contributed by atoms with Crippen LogP contribution in [0.5, 0.6) is 5.75 Å². The summed E-state index contributed by atoms with van der Waals surface area (Å²) < 4.78 is 0. The number of aromatic hydroxyl groups is 1. The van der Waals surface area contributed by atoms with Crippen molar-refractivity contribution < 1.29 is 10.3 Å². The van der Waals surface area contributed by atoms with E-state index in [1.165, 1.54) is 11.8 Å². The molecule has 0 fully saturated rings. The van der Waals surface area contributed by atoms with Gasteiger partial charge in [-0.15, -0.1) is 11.8 Å². The zero-order chi connectivity index (χ0) is 8.97. The van der Waals surface area contributed by atoms with Crippen molar-refractivity contribution in [1.82, 2.24) is 5.48 Å². The average Bonchev–Trinajstić information content (AvgIpc) is 2.09.